The Bertz CT molecular complexity index is 1120. The molecule has 2 heterocycles. The minimum Gasteiger partial charge on any atom is -0.444 e. The van der Waals surface area contributed by atoms with Gasteiger partial charge in [0, 0.05) is 57.2 Å². The summed E-state index contributed by atoms with van der Waals surface area (Å²) in [6, 6.07) is 3.49. The van der Waals surface area contributed by atoms with Crippen molar-refractivity contribution in [3.05, 3.63) is 39.4 Å². The Kier molecular flexibility index (Phi) is 9.02. The van der Waals surface area contributed by atoms with Gasteiger partial charge in [-0.05, 0) is 46.1 Å². The molecule has 13 nitrogen and oxygen atoms in total. The van der Waals surface area contributed by atoms with Crippen LogP contribution in [0, 0.1) is 10.1 Å². The maximum absolute atomic E-state index is 12.6. The van der Waals surface area contributed by atoms with Crippen molar-refractivity contribution in [2.45, 2.75) is 64.5 Å². The number of nitrogens with zero attached hydrogens (tertiary/aromatic N) is 3. The van der Waals surface area contributed by atoms with Gasteiger partial charge in [-0.2, -0.15) is 0 Å². The predicted octanol–water partition coefficient (Wildman–Crippen LogP) is 1.99. The van der Waals surface area contributed by atoms with Crippen molar-refractivity contribution >= 4 is 35.4 Å². The number of ether oxygens (including phenoxy) is 1. The lowest BCUT2D eigenvalue weighted by Crippen LogP contribution is -2.47. The summed E-state index contributed by atoms with van der Waals surface area (Å²) in [5.74, 6) is -1.43. The van der Waals surface area contributed by atoms with Crippen LogP contribution in [0.1, 0.15) is 73.6 Å². The van der Waals surface area contributed by atoms with Crippen molar-refractivity contribution < 1.29 is 33.6 Å². The van der Waals surface area contributed by atoms with Crippen LogP contribution in [0.2, 0.25) is 0 Å². The first-order valence-electron chi connectivity index (χ1n) is 12.5. The lowest BCUT2D eigenvalue weighted by molar-refractivity contribution is -0.384. The Labute approximate surface area is 220 Å². The molecule has 5 amide bonds. The molecule has 3 rings (SSSR count). The first kappa shape index (κ1) is 28.5. The van der Waals surface area contributed by atoms with E-state index >= 15 is 0 Å². The lowest BCUT2D eigenvalue weighted by Gasteiger charge is -2.32. The number of carbonyl (C=O) groups excluding carboxylic acids is 5. The highest BCUT2D eigenvalue weighted by Gasteiger charge is 2.36. The molecule has 0 unspecified atom stereocenters. The van der Waals surface area contributed by atoms with Crippen LogP contribution in [0.4, 0.5) is 10.5 Å². The number of alkyl carbamates (subject to hydrolysis) is 1. The van der Waals surface area contributed by atoms with Gasteiger partial charge in [0.2, 0.25) is 11.8 Å². The third kappa shape index (κ3) is 7.49. The number of nitrogens with one attached hydrogen (secondary N) is 2. The second kappa shape index (κ2) is 12.0. The molecule has 1 saturated heterocycles. The van der Waals surface area contributed by atoms with E-state index in [0.29, 0.717) is 25.9 Å². The zero-order chi connectivity index (χ0) is 28.0. The van der Waals surface area contributed by atoms with E-state index in [4.69, 9.17) is 4.74 Å². The molecule has 2 aliphatic heterocycles. The van der Waals surface area contributed by atoms with Crippen molar-refractivity contribution in [3.8, 4) is 0 Å². The number of imide groups is 1. The summed E-state index contributed by atoms with van der Waals surface area (Å²) >= 11 is 0. The maximum Gasteiger partial charge on any atom is 0.407 e. The van der Waals surface area contributed by atoms with Crippen molar-refractivity contribution in [1.29, 1.82) is 0 Å². The van der Waals surface area contributed by atoms with Gasteiger partial charge in [0.1, 0.15) is 5.60 Å². The number of nitro benzene ring substituents is 1. The van der Waals surface area contributed by atoms with Crippen molar-refractivity contribution in [2.24, 2.45) is 0 Å². The number of rotatable bonds is 9. The molecule has 0 atom stereocenters. The number of hydrogen-bond donors (Lipinski definition) is 2. The molecule has 2 N–H and O–H groups in total. The van der Waals surface area contributed by atoms with E-state index in [1.807, 2.05) is 0 Å². The summed E-state index contributed by atoms with van der Waals surface area (Å²) in [6.45, 7) is 6.39. The van der Waals surface area contributed by atoms with Crippen LogP contribution in [-0.2, 0) is 14.3 Å². The predicted molar refractivity (Wildman–Crippen MR) is 134 cm³/mol. The van der Waals surface area contributed by atoms with Gasteiger partial charge < -0.3 is 20.3 Å². The summed E-state index contributed by atoms with van der Waals surface area (Å²) in [7, 11) is 0. The first-order chi connectivity index (χ1) is 17.9. The molecule has 0 radical (unpaired) electrons. The van der Waals surface area contributed by atoms with E-state index in [0.717, 1.165) is 11.0 Å². The zero-order valence-corrected chi connectivity index (χ0v) is 21.8. The number of likely N-dealkylation sites (tertiary alicyclic amines) is 1. The lowest BCUT2D eigenvalue weighted by atomic mass is 10.0. The van der Waals surface area contributed by atoms with Crippen LogP contribution in [0.5, 0.6) is 0 Å². The number of carbonyl (C=O) groups is 5. The van der Waals surface area contributed by atoms with E-state index in [1.165, 1.54) is 12.1 Å². The Balaban J connectivity index is 1.35. The third-order valence-corrected chi connectivity index (χ3v) is 6.17. The van der Waals surface area contributed by atoms with Gasteiger partial charge in [0.15, 0.2) is 0 Å². The van der Waals surface area contributed by atoms with E-state index in [9.17, 15) is 34.1 Å². The van der Waals surface area contributed by atoms with Crippen molar-refractivity contribution in [1.82, 2.24) is 20.4 Å². The average molecular weight is 532 g/mol. The smallest absolute Gasteiger partial charge is 0.407 e. The van der Waals surface area contributed by atoms with Crippen LogP contribution in [0.3, 0.4) is 0 Å². The standard InChI is InChI=1S/C25H33N5O8/c1-25(2,3)38-24(35)26-11-8-20(31)27-16-9-13-28(14-10-16)21(32)5-4-12-29-22(33)18-7-6-17(30(36)37)15-19(18)23(29)34/h6-7,15-16H,4-5,8-14H2,1-3H3,(H,26,35)(H,27,31). The van der Waals surface area contributed by atoms with E-state index in [2.05, 4.69) is 10.6 Å². The van der Waals surface area contributed by atoms with E-state index in [-0.39, 0.29) is 67.0 Å². The van der Waals surface area contributed by atoms with Gasteiger partial charge in [-0.25, -0.2) is 4.79 Å². The van der Waals surface area contributed by atoms with Gasteiger partial charge in [0.05, 0.1) is 16.1 Å². The quantitative estimate of drug-likeness (QED) is 0.277. The fourth-order valence-electron chi connectivity index (χ4n) is 4.31. The largest absolute Gasteiger partial charge is 0.444 e. The number of fused-ring (bicyclic) bond motifs is 1. The molecule has 206 valence electrons. The highest BCUT2D eigenvalue weighted by atomic mass is 16.6. The molecule has 0 aliphatic carbocycles. The summed E-state index contributed by atoms with van der Waals surface area (Å²) in [5, 5.41) is 16.4. The van der Waals surface area contributed by atoms with E-state index in [1.54, 1.807) is 25.7 Å². The van der Waals surface area contributed by atoms with E-state index < -0.39 is 28.4 Å². The Morgan fingerprint density at radius 2 is 1.74 bits per heavy atom. The first-order valence-corrected chi connectivity index (χ1v) is 12.5. The fraction of sp³-hybridized carbons (Fsp3) is 0.560. The summed E-state index contributed by atoms with van der Waals surface area (Å²) in [4.78, 5) is 74.6. The monoisotopic (exact) mass is 531 g/mol. The SMILES string of the molecule is CC(C)(C)OC(=O)NCCC(=O)NC1CCN(C(=O)CCCN2C(=O)c3ccc([N+](=O)[O-])cc3C2=O)CC1. The Morgan fingerprint density at radius 1 is 1.08 bits per heavy atom. The number of amides is 5. The van der Waals surface area contributed by atoms with Gasteiger partial charge in [-0.3, -0.25) is 34.2 Å². The van der Waals surface area contributed by atoms with Crippen LogP contribution >= 0.6 is 0 Å². The van der Waals surface area contributed by atoms with Crippen molar-refractivity contribution in [3.63, 3.8) is 0 Å². The Morgan fingerprint density at radius 3 is 2.37 bits per heavy atom. The Hall–Kier alpha value is -4.03. The summed E-state index contributed by atoms with van der Waals surface area (Å²) < 4.78 is 5.12. The third-order valence-electron chi connectivity index (χ3n) is 6.17. The molecule has 1 aromatic rings. The molecule has 1 aromatic carbocycles. The highest BCUT2D eigenvalue weighted by Crippen LogP contribution is 2.27. The molecular formula is C25H33N5O8. The second-order valence-electron chi connectivity index (χ2n) is 10.3. The normalized spacial score (nSPS) is 15.8. The van der Waals surface area contributed by atoms with Gasteiger partial charge in [-0.15, -0.1) is 0 Å². The topological polar surface area (TPSA) is 168 Å². The minimum absolute atomic E-state index is 0.000247. The highest BCUT2D eigenvalue weighted by molar-refractivity contribution is 6.21. The molecule has 13 heteroatoms. The molecule has 0 saturated carbocycles. The van der Waals surface area contributed by atoms with Gasteiger partial charge >= 0.3 is 6.09 Å². The molecular weight excluding hydrogens is 498 g/mol. The number of non-ortho nitro benzene ring substituents is 1. The number of piperidine rings is 1. The van der Waals surface area contributed by atoms with Crippen LogP contribution in [0.15, 0.2) is 18.2 Å². The number of benzene rings is 1. The van der Waals surface area contributed by atoms with Crippen LogP contribution in [-0.4, -0.2) is 82.3 Å². The van der Waals surface area contributed by atoms with Gasteiger partial charge in [-0.1, -0.05) is 0 Å². The zero-order valence-electron chi connectivity index (χ0n) is 21.8. The second-order valence-corrected chi connectivity index (χ2v) is 10.3. The average Bonchev–Trinajstić information content (AvgIpc) is 3.07. The minimum atomic E-state index is -0.627. The molecule has 2 aliphatic rings. The van der Waals surface area contributed by atoms with Crippen molar-refractivity contribution in [2.75, 3.05) is 26.2 Å². The van der Waals surface area contributed by atoms with Crippen LogP contribution < -0.4 is 10.6 Å². The summed E-state index contributed by atoms with van der Waals surface area (Å²) in [6.07, 6.45) is 1.13. The van der Waals surface area contributed by atoms with Gasteiger partial charge in [0.25, 0.3) is 17.5 Å². The number of hydrogen-bond acceptors (Lipinski definition) is 8. The molecule has 0 aromatic heterocycles. The molecule has 0 spiro atoms. The fourth-order valence-corrected chi connectivity index (χ4v) is 4.31. The maximum atomic E-state index is 12.6. The summed E-state index contributed by atoms with van der Waals surface area (Å²) in [5.41, 5.74) is -0.756. The molecule has 38 heavy (non-hydrogen) atoms. The number of nitro groups is 1. The van der Waals surface area contributed by atoms with Crippen LogP contribution in [0.25, 0.3) is 0 Å². The molecule has 0 bridgehead atoms. The molecule has 1 fully saturated rings.